The molecule has 2 amide bonds. The molecule has 0 bridgehead atoms. The molecular formula is C10H19N3O2. The number of nitrogens with two attached hydrogens (primary N) is 1. The number of hydrogen-bond acceptors (Lipinski definition) is 3. The van der Waals surface area contributed by atoms with Gasteiger partial charge in [-0.2, -0.15) is 0 Å². The van der Waals surface area contributed by atoms with Gasteiger partial charge >= 0.3 is 0 Å². The smallest absolute Gasteiger partial charge is 0.242 e. The Labute approximate surface area is 90.0 Å². The summed E-state index contributed by atoms with van der Waals surface area (Å²) in [4.78, 5) is 24.8. The first kappa shape index (κ1) is 12.0. The molecule has 1 aliphatic rings. The van der Waals surface area contributed by atoms with Gasteiger partial charge in [0.15, 0.2) is 0 Å². The fraction of sp³-hybridized carbons (Fsp3) is 0.800. The minimum absolute atomic E-state index is 0.0923. The van der Waals surface area contributed by atoms with Crippen molar-refractivity contribution in [1.82, 2.24) is 10.2 Å². The first-order valence-electron chi connectivity index (χ1n) is 5.29. The van der Waals surface area contributed by atoms with E-state index in [0.29, 0.717) is 13.1 Å². The minimum atomic E-state index is -0.515. The molecule has 1 unspecified atom stereocenters. The normalized spacial score (nSPS) is 23.9. The van der Waals surface area contributed by atoms with Crippen molar-refractivity contribution < 1.29 is 9.59 Å². The van der Waals surface area contributed by atoms with Gasteiger partial charge in [-0.25, -0.2) is 0 Å². The molecule has 1 rings (SSSR count). The highest BCUT2D eigenvalue weighted by Gasteiger charge is 2.32. The number of piperazine rings is 1. The van der Waals surface area contributed by atoms with Crippen LogP contribution >= 0.6 is 0 Å². The van der Waals surface area contributed by atoms with Crippen LogP contribution in [0.15, 0.2) is 0 Å². The zero-order chi connectivity index (χ0) is 11.6. The SMILES string of the molecule is CC(C)[C@@H](N)C(=O)N1CCNC(=O)C1C. The largest absolute Gasteiger partial charge is 0.353 e. The second-order valence-corrected chi connectivity index (χ2v) is 4.27. The number of nitrogens with zero attached hydrogens (tertiary/aromatic N) is 1. The maximum atomic E-state index is 11.9. The lowest BCUT2D eigenvalue weighted by molar-refractivity contribution is -0.144. The van der Waals surface area contributed by atoms with Crippen LogP contribution in [-0.4, -0.2) is 41.9 Å². The third-order valence-electron chi connectivity index (χ3n) is 2.79. The van der Waals surface area contributed by atoms with Gasteiger partial charge in [-0.05, 0) is 12.8 Å². The highest BCUT2D eigenvalue weighted by molar-refractivity contribution is 5.90. The van der Waals surface area contributed by atoms with Crippen molar-refractivity contribution in [1.29, 1.82) is 0 Å². The second-order valence-electron chi connectivity index (χ2n) is 4.27. The van der Waals surface area contributed by atoms with E-state index in [4.69, 9.17) is 5.73 Å². The fourth-order valence-corrected chi connectivity index (χ4v) is 1.56. The molecule has 0 radical (unpaired) electrons. The molecule has 1 heterocycles. The third-order valence-corrected chi connectivity index (χ3v) is 2.79. The van der Waals surface area contributed by atoms with E-state index in [0.717, 1.165) is 0 Å². The molecule has 0 aromatic carbocycles. The monoisotopic (exact) mass is 213 g/mol. The second kappa shape index (κ2) is 4.61. The van der Waals surface area contributed by atoms with Gasteiger partial charge in [-0.15, -0.1) is 0 Å². The highest BCUT2D eigenvalue weighted by Crippen LogP contribution is 2.09. The molecular weight excluding hydrogens is 194 g/mol. The van der Waals surface area contributed by atoms with E-state index in [1.165, 1.54) is 0 Å². The van der Waals surface area contributed by atoms with E-state index in [9.17, 15) is 9.59 Å². The lowest BCUT2D eigenvalue weighted by atomic mass is 10.0. The summed E-state index contributed by atoms with van der Waals surface area (Å²) in [7, 11) is 0. The van der Waals surface area contributed by atoms with Crippen LogP contribution in [0.5, 0.6) is 0 Å². The predicted molar refractivity (Wildman–Crippen MR) is 57.0 cm³/mol. The molecule has 86 valence electrons. The highest BCUT2D eigenvalue weighted by atomic mass is 16.2. The first-order chi connectivity index (χ1) is 6.95. The molecule has 15 heavy (non-hydrogen) atoms. The van der Waals surface area contributed by atoms with Gasteiger partial charge in [0.05, 0.1) is 6.04 Å². The average Bonchev–Trinajstić information content (AvgIpc) is 2.20. The van der Waals surface area contributed by atoms with Crippen LogP contribution in [0.3, 0.4) is 0 Å². The van der Waals surface area contributed by atoms with E-state index < -0.39 is 12.1 Å². The molecule has 0 aromatic heterocycles. The zero-order valence-electron chi connectivity index (χ0n) is 9.49. The van der Waals surface area contributed by atoms with Gasteiger partial charge in [0.1, 0.15) is 6.04 Å². The van der Waals surface area contributed by atoms with E-state index in [2.05, 4.69) is 5.32 Å². The first-order valence-corrected chi connectivity index (χ1v) is 5.29. The number of amides is 2. The molecule has 1 saturated heterocycles. The quantitative estimate of drug-likeness (QED) is 0.638. The number of hydrogen-bond donors (Lipinski definition) is 2. The molecule has 1 aliphatic heterocycles. The summed E-state index contributed by atoms with van der Waals surface area (Å²) in [5.74, 6) is -0.146. The zero-order valence-corrected chi connectivity index (χ0v) is 9.49. The summed E-state index contributed by atoms with van der Waals surface area (Å²) in [5.41, 5.74) is 5.78. The minimum Gasteiger partial charge on any atom is -0.353 e. The van der Waals surface area contributed by atoms with E-state index in [1.54, 1.807) is 11.8 Å². The molecule has 0 aliphatic carbocycles. The Morgan fingerprint density at radius 2 is 2.20 bits per heavy atom. The van der Waals surface area contributed by atoms with Crippen LogP contribution in [0.4, 0.5) is 0 Å². The Morgan fingerprint density at radius 1 is 1.60 bits per heavy atom. The lowest BCUT2D eigenvalue weighted by Gasteiger charge is -2.35. The molecule has 0 saturated carbocycles. The van der Waals surface area contributed by atoms with Gasteiger partial charge < -0.3 is 16.0 Å². The molecule has 0 spiro atoms. The van der Waals surface area contributed by atoms with Gasteiger partial charge in [0, 0.05) is 13.1 Å². The average molecular weight is 213 g/mol. The van der Waals surface area contributed by atoms with Crippen molar-refractivity contribution in [3.05, 3.63) is 0 Å². The topological polar surface area (TPSA) is 75.4 Å². The molecule has 5 nitrogen and oxygen atoms in total. The van der Waals surface area contributed by atoms with Crippen molar-refractivity contribution in [2.24, 2.45) is 11.7 Å². The fourth-order valence-electron chi connectivity index (χ4n) is 1.56. The number of carbonyl (C=O) groups excluding carboxylic acids is 2. The van der Waals surface area contributed by atoms with Crippen molar-refractivity contribution in [3.63, 3.8) is 0 Å². The Bertz CT molecular complexity index is 265. The number of nitrogens with one attached hydrogen (secondary N) is 1. The maximum absolute atomic E-state index is 11.9. The van der Waals surface area contributed by atoms with Crippen LogP contribution in [0.1, 0.15) is 20.8 Å². The van der Waals surface area contributed by atoms with Gasteiger partial charge in [-0.1, -0.05) is 13.8 Å². The Kier molecular flexibility index (Phi) is 3.68. The van der Waals surface area contributed by atoms with Crippen molar-refractivity contribution >= 4 is 11.8 Å². The molecule has 0 aromatic rings. The summed E-state index contributed by atoms with van der Waals surface area (Å²) in [6.45, 7) is 6.58. The Balaban J connectivity index is 2.70. The molecule has 2 atom stereocenters. The Morgan fingerprint density at radius 3 is 2.73 bits per heavy atom. The van der Waals surface area contributed by atoms with Crippen LogP contribution in [0.2, 0.25) is 0 Å². The van der Waals surface area contributed by atoms with Gasteiger partial charge in [0.25, 0.3) is 0 Å². The Hall–Kier alpha value is -1.10. The van der Waals surface area contributed by atoms with Crippen molar-refractivity contribution in [3.8, 4) is 0 Å². The summed E-state index contributed by atoms with van der Waals surface area (Å²) in [6, 6.07) is -0.922. The lowest BCUT2D eigenvalue weighted by Crippen LogP contribution is -2.59. The maximum Gasteiger partial charge on any atom is 0.242 e. The van der Waals surface area contributed by atoms with Crippen LogP contribution < -0.4 is 11.1 Å². The van der Waals surface area contributed by atoms with E-state index in [-0.39, 0.29) is 17.7 Å². The van der Waals surface area contributed by atoms with Crippen LogP contribution in [0.25, 0.3) is 0 Å². The molecule has 1 fully saturated rings. The summed E-state index contributed by atoms with van der Waals surface area (Å²) in [5, 5.41) is 2.71. The van der Waals surface area contributed by atoms with E-state index in [1.807, 2.05) is 13.8 Å². The van der Waals surface area contributed by atoms with E-state index >= 15 is 0 Å². The van der Waals surface area contributed by atoms with Gasteiger partial charge in [-0.3, -0.25) is 9.59 Å². The number of carbonyl (C=O) groups is 2. The third kappa shape index (κ3) is 2.47. The van der Waals surface area contributed by atoms with Crippen LogP contribution in [0, 0.1) is 5.92 Å². The molecule has 3 N–H and O–H groups in total. The summed E-state index contributed by atoms with van der Waals surface area (Å²) < 4.78 is 0. The van der Waals surface area contributed by atoms with Gasteiger partial charge in [0.2, 0.25) is 11.8 Å². The molecule has 5 heteroatoms. The van der Waals surface area contributed by atoms with Crippen LogP contribution in [-0.2, 0) is 9.59 Å². The summed E-state index contributed by atoms with van der Waals surface area (Å²) >= 11 is 0. The van der Waals surface area contributed by atoms with Crippen molar-refractivity contribution in [2.45, 2.75) is 32.9 Å². The van der Waals surface area contributed by atoms with Crippen molar-refractivity contribution in [2.75, 3.05) is 13.1 Å². The number of rotatable bonds is 2. The standard InChI is InChI=1S/C10H19N3O2/c1-6(2)8(11)10(15)13-5-4-12-9(14)7(13)3/h6-8H,4-5,11H2,1-3H3,(H,12,14)/t7?,8-/m1/s1. The summed E-state index contributed by atoms with van der Waals surface area (Å²) in [6.07, 6.45) is 0. The predicted octanol–water partition coefficient (Wildman–Crippen LogP) is -0.683.